The van der Waals surface area contributed by atoms with Crippen molar-refractivity contribution in [2.24, 2.45) is 28.6 Å². The minimum Gasteiger partial charge on any atom is -0.469 e. The summed E-state index contributed by atoms with van der Waals surface area (Å²) in [6.07, 6.45) is 6.99. The van der Waals surface area contributed by atoms with Gasteiger partial charge in [-0.1, -0.05) is 25.5 Å². The molecule has 0 spiro atoms. The molecule has 5 atom stereocenters. The Labute approximate surface area is 224 Å². The maximum absolute atomic E-state index is 12.9. The second-order valence-electron chi connectivity index (χ2n) is 11.5. The number of aldehydes is 1. The summed E-state index contributed by atoms with van der Waals surface area (Å²) in [5.74, 6) is 0.0521. The normalized spacial score (nSPS) is 28.7. The van der Waals surface area contributed by atoms with E-state index in [9.17, 15) is 19.2 Å². The van der Waals surface area contributed by atoms with Gasteiger partial charge in [0.25, 0.3) is 0 Å². The second-order valence-corrected chi connectivity index (χ2v) is 11.5. The minimum atomic E-state index is -0.539. The van der Waals surface area contributed by atoms with Crippen molar-refractivity contribution in [1.29, 1.82) is 0 Å². The summed E-state index contributed by atoms with van der Waals surface area (Å²) < 4.78 is 16.1. The summed E-state index contributed by atoms with van der Waals surface area (Å²) in [7, 11) is 1.46. The topological polar surface area (TPSA) is 96.0 Å². The fourth-order valence-electron chi connectivity index (χ4n) is 7.54. The minimum absolute atomic E-state index is 0.0520. The molecule has 0 aromatic heterocycles. The Morgan fingerprint density at radius 1 is 0.947 bits per heavy atom. The molecule has 0 aliphatic heterocycles. The first-order valence-electron chi connectivity index (χ1n) is 13.5. The van der Waals surface area contributed by atoms with Gasteiger partial charge in [0.2, 0.25) is 0 Å². The van der Waals surface area contributed by atoms with Crippen LogP contribution in [0.2, 0.25) is 0 Å². The smallest absolute Gasteiger partial charge is 0.311 e. The monoisotopic (exact) mass is 522 g/mol. The van der Waals surface area contributed by atoms with Crippen LogP contribution in [0.15, 0.2) is 30.3 Å². The highest BCUT2D eigenvalue weighted by Crippen LogP contribution is 2.62. The molecule has 4 rings (SSSR count). The summed E-state index contributed by atoms with van der Waals surface area (Å²) in [4.78, 5) is 48.4. The highest BCUT2D eigenvalue weighted by molar-refractivity contribution is 5.96. The Morgan fingerprint density at radius 3 is 2.21 bits per heavy atom. The zero-order valence-corrected chi connectivity index (χ0v) is 23.0. The molecule has 2 aromatic rings. The zero-order valence-electron chi connectivity index (χ0n) is 23.0. The van der Waals surface area contributed by atoms with Crippen molar-refractivity contribution in [3.63, 3.8) is 0 Å². The molecule has 0 heterocycles. The van der Waals surface area contributed by atoms with E-state index in [0.29, 0.717) is 22.3 Å². The number of fused-ring (bicyclic) bond motifs is 2. The lowest BCUT2D eigenvalue weighted by Gasteiger charge is -2.58. The maximum Gasteiger partial charge on any atom is 0.311 e. The van der Waals surface area contributed by atoms with E-state index < -0.39 is 17.4 Å². The van der Waals surface area contributed by atoms with Gasteiger partial charge in [-0.05, 0) is 86.5 Å². The van der Waals surface area contributed by atoms with E-state index in [1.54, 1.807) is 12.1 Å². The van der Waals surface area contributed by atoms with Gasteiger partial charge in [0.1, 0.15) is 17.8 Å². The largest absolute Gasteiger partial charge is 0.469 e. The number of hydrogen-bond donors (Lipinski definition) is 0. The van der Waals surface area contributed by atoms with Crippen molar-refractivity contribution in [2.75, 3.05) is 7.11 Å². The van der Waals surface area contributed by atoms with Crippen LogP contribution in [0.1, 0.15) is 71.8 Å². The number of carbonyl (C=O) groups excluding carboxylic acids is 4. The van der Waals surface area contributed by atoms with E-state index in [1.165, 1.54) is 21.0 Å². The summed E-state index contributed by atoms with van der Waals surface area (Å²) in [6, 6.07) is 9.11. The number of methoxy groups -OCH3 is 1. The molecule has 2 aromatic carbocycles. The van der Waals surface area contributed by atoms with Gasteiger partial charge in [0, 0.05) is 30.5 Å². The third-order valence-electron chi connectivity index (χ3n) is 9.21. The third kappa shape index (κ3) is 5.07. The third-order valence-corrected chi connectivity index (χ3v) is 9.21. The van der Waals surface area contributed by atoms with Crippen molar-refractivity contribution in [3.8, 4) is 11.5 Å². The molecule has 2 aliphatic carbocycles. The van der Waals surface area contributed by atoms with Crippen LogP contribution < -0.4 is 9.47 Å². The Hall–Kier alpha value is -3.22. The summed E-state index contributed by atoms with van der Waals surface area (Å²) >= 11 is 0. The Bertz CT molecular complexity index is 1250. The van der Waals surface area contributed by atoms with Crippen LogP contribution in [0.5, 0.6) is 11.5 Å². The fourth-order valence-corrected chi connectivity index (χ4v) is 7.54. The average Bonchev–Trinajstić information content (AvgIpc) is 2.87. The van der Waals surface area contributed by atoms with Gasteiger partial charge in [-0.25, -0.2) is 0 Å². The zero-order chi connectivity index (χ0) is 27.7. The molecule has 0 radical (unpaired) electrons. The van der Waals surface area contributed by atoms with E-state index in [4.69, 9.17) is 14.2 Å². The first-order valence-corrected chi connectivity index (χ1v) is 13.5. The van der Waals surface area contributed by atoms with Crippen LogP contribution in [0.4, 0.5) is 0 Å². The van der Waals surface area contributed by atoms with Crippen molar-refractivity contribution in [1.82, 2.24) is 0 Å². The fraction of sp³-hybridized carbons (Fsp3) is 0.548. The Kier molecular flexibility index (Phi) is 7.96. The maximum atomic E-state index is 12.9. The number of benzene rings is 2. The van der Waals surface area contributed by atoms with Crippen LogP contribution in [-0.4, -0.2) is 31.3 Å². The van der Waals surface area contributed by atoms with Crippen LogP contribution in [0, 0.1) is 28.6 Å². The van der Waals surface area contributed by atoms with Gasteiger partial charge < -0.3 is 19.0 Å². The summed E-state index contributed by atoms with van der Waals surface area (Å²) in [5.41, 5.74) is 0.351. The molecule has 0 N–H and O–H groups in total. The molecule has 2 saturated carbocycles. The molecule has 7 nitrogen and oxygen atoms in total. The number of esters is 3. The van der Waals surface area contributed by atoms with Gasteiger partial charge in [0.15, 0.2) is 0 Å². The van der Waals surface area contributed by atoms with Crippen LogP contribution >= 0.6 is 0 Å². The van der Waals surface area contributed by atoms with Crippen molar-refractivity contribution in [3.05, 3.63) is 35.9 Å². The van der Waals surface area contributed by atoms with Crippen molar-refractivity contribution in [2.45, 2.75) is 72.6 Å². The standard InChI is InChI=1S/C31H38O7/c1-19(33)37-26-12-13-27(38-20(2)34)24-17-21(7-10-23(24)26)8-11-25-22(18-32)9-14-28-30(25,3)15-6-16-31(28,4)29(35)36-5/h7,10,12-13,17-18,22,25,28H,6,8-9,11,14-16H2,1-5H3/t22-,25-,28+,30+,31-/m0/s1. The van der Waals surface area contributed by atoms with Crippen LogP contribution in [0.3, 0.4) is 0 Å². The van der Waals surface area contributed by atoms with E-state index in [2.05, 4.69) is 6.92 Å². The van der Waals surface area contributed by atoms with E-state index in [0.717, 1.165) is 56.8 Å². The van der Waals surface area contributed by atoms with Crippen LogP contribution in [0.25, 0.3) is 10.8 Å². The Balaban J connectivity index is 1.66. The number of ether oxygens (including phenoxy) is 3. The number of carbonyl (C=O) groups is 4. The van der Waals surface area contributed by atoms with Gasteiger partial charge in [-0.3, -0.25) is 14.4 Å². The predicted octanol–water partition coefficient (Wildman–Crippen LogP) is 5.83. The molecule has 38 heavy (non-hydrogen) atoms. The number of hydrogen-bond acceptors (Lipinski definition) is 7. The lowest BCUT2D eigenvalue weighted by atomic mass is 9.45. The quantitative estimate of drug-likeness (QED) is 0.256. The number of aryl methyl sites for hydroxylation is 1. The predicted molar refractivity (Wildman–Crippen MR) is 143 cm³/mol. The molecular formula is C31H38O7. The molecule has 2 aliphatic rings. The molecule has 0 saturated heterocycles. The SMILES string of the molecule is COC(=O)[C@@]1(C)CCC[C@@]2(C)[C@H]1CC[C@@H](C=O)[C@@H]2CCc1ccc2c(OC(C)=O)ccc(OC(C)=O)c2c1. The molecule has 0 amide bonds. The molecule has 7 heteroatoms. The number of rotatable bonds is 7. The molecule has 0 bridgehead atoms. The van der Waals surface area contributed by atoms with Gasteiger partial charge in [-0.15, -0.1) is 0 Å². The highest BCUT2D eigenvalue weighted by atomic mass is 16.5. The first-order chi connectivity index (χ1) is 18.0. The highest BCUT2D eigenvalue weighted by Gasteiger charge is 2.58. The average molecular weight is 523 g/mol. The van der Waals surface area contributed by atoms with Gasteiger partial charge in [0.05, 0.1) is 12.5 Å². The lowest BCUT2D eigenvalue weighted by Crippen LogP contribution is -2.55. The van der Waals surface area contributed by atoms with Crippen molar-refractivity contribution < 1.29 is 33.4 Å². The molecule has 2 fully saturated rings. The summed E-state index contributed by atoms with van der Waals surface area (Å²) in [6.45, 7) is 7.00. The summed E-state index contributed by atoms with van der Waals surface area (Å²) in [5, 5.41) is 1.37. The van der Waals surface area contributed by atoms with E-state index in [-0.39, 0.29) is 29.1 Å². The molecule has 204 valence electrons. The van der Waals surface area contributed by atoms with Gasteiger partial charge >= 0.3 is 17.9 Å². The van der Waals surface area contributed by atoms with Crippen LogP contribution in [-0.2, 0) is 30.3 Å². The van der Waals surface area contributed by atoms with Crippen molar-refractivity contribution >= 4 is 35.0 Å². The Morgan fingerprint density at radius 2 is 1.61 bits per heavy atom. The molecular weight excluding hydrogens is 484 g/mol. The van der Waals surface area contributed by atoms with E-state index in [1.807, 2.05) is 25.1 Å². The lowest BCUT2D eigenvalue weighted by molar-refractivity contribution is -0.173. The van der Waals surface area contributed by atoms with E-state index >= 15 is 0 Å². The van der Waals surface area contributed by atoms with Gasteiger partial charge in [-0.2, -0.15) is 0 Å². The molecule has 0 unspecified atom stereocenters. The second kappa shape index (κ2) is 10.9. The first kappa shape index (κ1) is 27.8.